The average Bonchev–Trinajstić information content (AvgIpc) is 2.38. The number of hydrogen-bond donors (Lipinski definition) is 2. The van der Waals surface area contributed by atoms with Gasteiger partial charge in [0.1, 0.15) is 11.8 Å². The minimum absolute atomic E-state index is 0.376. The standard InChI is InChI=1S/C14H16F3NO4/c1-8-3-4-10(5-9(8)2)22-7-12(19)18-11(13(20)21)6-14(15,16)17/h3-5,11H,6-7H2,1-2H3,(H,18,19)(H,20,21). The van der Waals surface area contributed by atoms with Gasteiger partial charge in [-0.2, -0.15) is 13.2 Å². The van der Waals surface area contributed by atoms with Crippen LogP contribution in [0.5, 0.6) is 5.75 Å². The number of carbonyl (C=O) groups excluding carboxylic acids is 1. The average molecular weight is 319 g/mol. The summed E-state index contributed by atoms with van der Waals surface area (Å²) in [7, 11) is 0. The molecule has 122 valence electrons. The number of benzene rings is 1. The molecule has 2 N–H and O–H groups in total. The summed E-state index contributed by atoms with van der Waals surface area (Å²) in [6.07, 6.45) is -6.33. The molecule has 1 rings (SSSR count). The fourth-order valence-electron chi connectivity index (χ4n) is 1.62. The van der Waals surface area contributed by atoms with E-state index < -0.39 is 37.1 Å². The maximum atomic E-state index is 12.2. The van der Waals surface area contributed by atoms with Crippen molar-refractivity contribution in [3.63, 3.8) is 0 Å². The molecule has 0 fully saturated rings. The molecule has 1 amide bonds. The molecule has 0 radical (unpaired) electrons. The molecule has 5 nitrogen and oxygen atoms in total. The van der Waals surface area contributed by atoms with Crippen LogP contribution in [0.3, 0.4) is 0 Å². The Morgan fingerprint density at radius 1 is 1.27 bits per heavy atom. The van der Waals surface area contributed by atoms with Crippen molar-refractivity contribution in [2.45, 2.75) is 32.5 Å². The maximum Gasteiger partial charge on any atom is 0.391 e. The summed E-state index contributed by atoms with van der Waals surface area (Å²) in [4.78, 5) is 22.2. The number of nitrogens with one attached hydrogen (secondary N) is 1. The molecule has 0 bridgehead atoms. The summed E-state index contributed by atoms with van der Waals surface area (Å²) in [6.45, 7) is 3.16. The number of amides is 1. The third-order valence-electron chi connectivity index (χ3n) is 2.92. The Balaban J connectivity index is 2.56. The first-order valence-corrected chi connectivity index (χ1v) is 6.37. The molecule has 0 aliphatic rings. The van der Waals surface area contributed by atoms with E-state index in [1.54, 1.807) is 23.5 Å². The van der Waals surface area contributed by atoms with Gasteiger partial charge in [0.2, 0.25) is 0 Å². The lowest BCUT2D eigenvalue weighted by molar-refractivity contribution is -0.160. The summed E-state index contributed by atoms with van der Waals surface area (Å²) in [5, 5.41) is 10.5. The number of carbonyl (C=O) groups is 2. The Labute approximate surface area is 125 Å². The summed E-state index contributed by atoms with van der Waals surface area (Å²) < 4.78 is 41.7. The maximum absolute atomic E-state index is 12.2. The van der Waals surface area contributed by atoms with Gasteiger partial charge in [0.15, 0.2) is 6.61 Å². The van der Waals surface area contributed by atoms with Gasteiger partial charge in [-0.15, -0.1) is 0 Å². The van der Waals surface area contributed by atoms with Crippen molar-refractivity contribution < 1.29 is 32.6 Å². The lowest BCUT2D eigenvalue weighted by Crippen LogP contribution is -2.45. The van der Waals surface area contributed by atoms with Gasteiger partial charge in [-0.1, -0.05) is 6.07 Å². The van der Waals surface area contributed by atoms with Crippen LogP contribution in [-0.4, -0.2) is 35.8 Å². The minimum Gasteiger partial charge on any atom is -0.484 e. The van der Waals surface area contributed by atoms with Crippen LogP contribution in [0.4, 0.5) is 13.2 Å². The largest absolute Gasteiger partial charge is 0.484 e. The van der Waals surface area contributed by atoms with Crippen molar-refractivity contribution in [1.82, 2.24) is 5.32 Å². The van der Waals surface area contributed by atoms with Crippen LogP contribution >= 0.6 is 0 Å². The van der Waals surface area contributed by atoms with E-state index in [-0.39, 0.29) is 0 Å². The van der Waals surface area contributed by atoms with E-state index in [0.717, 1.165) is 11.1 Å². The monoisotopic (exact) mass is 319 g/mol. The van der Waals surface area contributed by atoms with Crippen molar-refractivity contribution in [2.75, 3.05) is 6.61 Å². The van der Waals surface area contributed by atoms with Crippen molar-refractivity contribution in [3.8, 4) is 5.75 Å². The zero-order chi connectivity index (χ0) is 16.9. The molecule has 0 aliphatic heterocycles. The number of alkyl halides is 3. The summed E-state index contributed by atoms with van der Waals surface area (Å²) in [6, 6.07) is 3.02. The predicted molar refractivity (Wildman–Crippen MR) is 71.6 cm³/mol. The molecule has 1 aromatic carbocycles. The first-order chi connectivity index (χ1) is 10.1. The van der Waals surface area contributed by atoms with Gasteiger partial charge in [0.05, 0.1) is 6.42 Å². The molecular weight excluding hydrogens is 303 g/mol. The number of hydrogen-bond acceptors (Lipinski definition) is 3. The van der Waals surface area contributed by atoms with Crippen LogP contribution in [0.25, 0.3) is 0 Å². The van der Waals surface area contributed by atoms with Gasteiger partial charge in [-0.3, -0.25) is 4.79 Å². The number of carboxylic acid groups (broad SMARTS) is 1. The van der Waals surface area contributed by atoms with Crippen molar-refractivity contribution in [1.29, 1.82) is 0 Å². The first-order valence-electron chi connectivity index (χ1n) is 6.37. The summed E-state index contributed by atoms with van der Waals surface area (Å²) in [5.74, 6) is -2.31. The minimum atomic E-state index is -4.69. The Morgan fingerprint density at radius 3 is 2.41 bits per heavy atom. The molecule has 0 aliphatic carbocycles. The lowest BCUT2D eigenvalue weighted by Gasteiger charge is -2.16. The van der Waals surface area contributed by atoms with Crippen LogP contribution in [-0.2, 0) is 9.59 Å². The summed E-state index contributed by atoms with van der Waals surface area (Å²) >= 11 is 0. The molecule has 0 heterocycles. The van der Waals surface area contributed by atoms with E-state index in [2.05, 4.69) is 0 Å². The van der Waals surface area contributed by atoms with Crippen molar-refractivity contribution >= 4 is 11.9 Å². The lowest BCUT2D eigenvalue weighted by atomic mass is 10.1. The second-order valence-electron chi connectivity index (χ2n) is 4.81. The van der Waals surface area contributed by atoms with E-state index in [9.17, 15) is 22.8 Å². The second kappa shape index (κ2) is 7.15. The van der Waals surface area contributed by atoms with Crippen LogP contribution in [0, 0.1) is 13.8 Å². The summed E-state index contributed by atoms with van der Waals surface area (Å²) in [5.41, 5.74) is 1.95. The SMILES string of the molecule is Cc1ccc(OCC(=O)NC(CC(F)(F)F)C(=O)O)cc1C. The molecule has 1 atom stereocenters. The molecule has 0 saturated carbocycles. The zero-order valence-corrected chi connectivity index (χ0v) is 12.0. The zero-order valence-electron chi connectivity index (χ0n) is 12.0. The highest BCUT2D eigenvalue weighted by Gasteiger charge is 2.36. The third kappa shape index (κ3) is 6.02. The number of aliphatic carboxylic acids is 1. The highest BCUT2D eigenvalue weighted by atomic mass is 19.4. The van der Waals surface area contributed by atoms with Crippen molar-refractivity contribution in [3.05, 3.63) is 29.3 Å². The molecule has 0 spiro atoms. The quantitative estimate of drug-likeness (QED) is 0.843. The smallest absolute Gasteiger partial charge is 0.391 e. The first kappa shape index (κ1) is 17.8. The molecule has 8 heteroatoms. The molecule has 22 heavy (non-hydrogen) atoms. The van der Waals surface area contributed by atoms with Crippen molar-refractivity contribution in [2.24, 2.45) is 0 Å². The Morgan fingerprint density at radius 2 is 1.91 bits per heavy atom. The van der Waals surface area contributed by atoms with Crippen LogP contribution < -0.4 is 10.1 Å². The van der Waals surface area contributed by atoms with Gasteiger partial charge >= 0.3 is 12.1 Å². The van der Waals surface area contributed by atoms with Gasteiger partial charge in [-0.05, 0) is 37.1 Å². The molecule has 0 saturated heterocycles. The topological polar surface area (TPSA) is 75.6 Å². The van der Waals surface area contributed by atoms with E-state index >= 15 is 0 Å². The van der Waals surface area contributed by atoms with E-state index in [4.69, 9.17) is 9.84 Å². The molecule has 1 aromatic rings. The van der Waals surface area contributed by atoms with Crippen LogP contribution in [0.1, 0.15) is 17.5 Å². The second-order valence-corrected chi connectivity index (χ2v) is 4.81. The number of halogens is 3. The number of carboxylic acids is 1. The van der Waals surface area contributed by atoms with E-state index in [0.29, 0.717) is 5.75 Å². The fourth-order valence-corrected chi connectivity index (χ4v) is 1.62. The normalized spacial score (nSPS) is 12.6. The van der Waals surface area contributed by atoms with Gasteiger partial charge in [0.25, 0.3) is 5.91 Å². The number of rotatable bonds is 6. The fraction of sp³-hybridized carbons (Fsp3) is 0.429. The third-order valence-corrected chi connectivity index (χ3v) is 2.92. The van der Waals surface area contributed by atoms with Gasteiger partial charge in [-0.25, -0.2) is 4.79 Å². The van der Waals surface area contributed by atoms with Crippen LogP contribution in [0.2, 0.25) is 0 Å². The molecule has 0 aromatic heterocycles. The highest BCUT2D eigenvalue weighted by molar-refractivity contribution is 5.84. The Hall–Kier alpha value is -2.25. The molecule has 1 unspecified atom stereocenters. The highest BCUT2D eigenvalue weighted by Crippen LogP contribution is 2.21. The molecular formula is C14H16F3NO4. The van der Waals surface area contributed by atoms with E-state index in [1.807, 2.05) is 13.8 Å². The van der Waals surface area contributed by atoms with Crippen LogP contribution in [0.15, 0.2) is 18.2 Å². The number of aryl methyl sites for hydroxylation is 2. The Kier molecular flexibility index (Phi) is 5.78. The predicted octanol–water partition coefficient (Wildman–Crippen LogP) is 2.20. The number of ether oxygens (including phenoxy) is 1. The Bertz CT molecular complexity index is 558. The van der Waals surface area contributed by atoms with E-state index in [1.165, 1.54) is 0 Å². The van der Waals surface area contributed by atoms with Gasteiger partial charge in [0, 0.05) is 0 Å². The van der Waals surface area contributed by atoms with Gasteiger partial charge < -0.3 is 15.2 Å².